The molecule has 0 aliphatic rings. The van der Waals surface area contributed by atoms with Gasteiger partial charge in [0.25, 0.3) is 0 Å². The molecule has 0 spiro atoms. The van der Waals surface area contributed by atoms with Gasteiger partial charge in [-0.25, -0.2) is 16.8 Å². The second-order valence-electron chi connectivity index (χ2n) is 2.27. The molecule has 0 radical (unpaired) electrons. The molecule has 0 unspecified atom stereocenters. The van der Waals surface area contributed by atoms with Crippen molar-refractivity contribution in [1.82, 2.24) is 0 Å². The van der Waals surface area contributed by atoms with Crippen molar-refractivity contribution >= 4 is 19.7 Å². The average molecular weight is 258 g/mol. The summed E-state index contributed by atoms with van der Waals surface area (Å²) in [4.78, 5) is 0. The van der Waals surface area contributed by atoms with Crippen LogP contribution in [0.2, 0.25) is 0 Å². The Balaban J connectivity index is 5.30. The van der Waals surface area contributed by atoms with E-state index < -0.39 is 35.8 Å². The number of sulfone groups is 2. The Kier molecular flexibility index (Phi) is 3.90. The maximum absolute atomic E-state index is 11.8. The molecule has 0 aromatic heterocycles. The molecule has 0 amide bonds. The van der Waals surface area contributed by atoms with Crippen LogP contribution in [0.25, 0.3) is 0 Å². The van der Waals surface area contributed by atoms with Crippen LogP contribution in [0.5, 0.6) is 0 Å². The summed E-state index contributed by atoms with van der Waals surface area (Å²) in [6, 6.07) is 0. The predicted octanol–water partition coefficient (Wildman–Crippen LogP) is 0.607. The Bertz CT molecular complexity index is 346. The average Bonchev–Trinajstić information content (AvgIpc) is 2.02. The molecule has 0 aliphatic heterocycles. The highest BCUT2D eigenvalue weighted by atomic mass is 32.3. The van der Waals surface area contributed by atoms with E-state index in [1.165, 1.54) is 0 Å². The first kappa shape index (κ1) is 13.6. The molecule has 14 heavy (non-hydrogen) atoms. The van der Waals surface area contributed by atoms with Gasteiger partial charge in [-0.1, -0.05) is 0 Å². The van der Waals surface area contributed by atoms with Gasteiger partial charge in [0.2, 0.25) is 19.7 Å². The minimum Gasteiger partial charge on any atom is -0.222 e. The maximum Gasteiger partial charge on any atom is 0.338 e. The highest BCUT2D eigenvalue weighted by molar-refractivity contribution is 8.09. The molecular formula is C4H6F4O4S2. The fourth-order valence-corrected chi connectivity index (χ4v) is 3.06. The molecule has 0 heterocycles. The van der Waals surface area contributed by atoms with Crippen LogP contribution in [0, 0.1) is 0 Å². The lowest BCUT2D eigenvalue weighted by atomic mass is 11.0. The number of alkyl halides is 4. The highest BCUT2D eigenvalue weighted by Gasteiger charge is 2.44. The first-order valence-electron chi connectivity index (χ1n) is 3.06. The maximum atomic E-state index is 11.8. The van der Waals surface area contributed by atoms with Gasteiger partial charge >= 0.3 is 11.5 Å². The van der Waals surface area contributed by atoms with Crippen LogP contribution in [-0.4, -0.2) is 32.9 Å². The summed E-state index contributed by atoms with van der Waals surface area (Å²) in [5.41, 5.74) is 0. The zero-order valence-corrected chi connectivity index (χ0v) is 8.33. The Hall–Kier alpha value is -0.380. The van der Waals surface area contributed by atoms with E-state index in [-0.39, 0.29) is 6.92 Å². The predicted molar refractivity (Wildman–Crippen MR) is 39.3 cm³/mol. The lowest BCUT2D eigenvalue weighted by Gasteiger charge is -2.11. The van der Waals surface area contributed by atoms with Crippen molar-refractivity contribution in [2.24, 2.45) is 0 Å². The summed E-state index contributed by atoms with van der Waals surface area (Å²) < 4.78 is 86.3. The van der Waals surface area contributed by atoms with Crippen LogP contribution >= 0.6 is 0 Å². The molecule has 0 saturated heterocycles. The fourth-order valence-electron chi connectivity index (χ4n) is 0.477. The fraction of sp³-hybridized carbons (Fsp3) is 1.00. The van der Waals surface area contributed by atoms with Gasteiger partial charge < -0.3 is 0 Å². The molecule has 0 N–H and O–H groups in total. The van der Waals surface area contributed by atoms with Crippen LogP contribution in [0.4, 0.5) is 17.6 Å². The zero-order valence-electron chi connectivity index (χ0n) is 6.69. The number of rotatable bonds is 4. The van der Waals surface area contributed by atoms with Gasteiger partial charge in [-0.2, -0.15) is 17.6 Å². The smallest absolute Gasteiger partial charge is 0.222 e. The van der Waals surface area contributed by atoms with Gasteiger partial charge in [-0.15, -0.1) is 0 Å². The topological polar surface area (TPSA) is 68.3 Å². The van der Waals surface area contributed by atoms with Gasteiger partial charge in [-0.3, -0.25) is 0 Å². The molecule has 4 nitrogen and oxygen atoms in total. The largest absolute Gasteiger partial charge is 0.338 e. The van der Waals surface area contributed by atoms with Crippen molar-refractivity contribution in [2.45, 2.75) is 23.0 Å². The summed E-state index contributed by atoms with van der Waals surface area (Å²) in [7, 11) is -10.8. The van der Waals surface area contributed by atoms with Crippen molar-refractivity contribution in [3.05, 3.63) is 0 Å². The SMILES string of the molecule is CC(S(=O)(=O)C(F)F)S(=O)(=O)C(F)F. The normalized spacial score (nSPS) is 14.3. The van der Waals surface area contributed by atoms with Gasteiger partial charge in [0.15, 0.2) is 4.58 Å². The highest BCUT2D eigenvalue weighted by Crippen LogP contribution is 2.21. The molecule has 0 aromatic rings. The first-order chi connectivity index (χ1) is 6.04. The molecule has 0 bridgehead atoms. The van der Waals surface area contributed by atoms with E-state index in [4.69, 9.17) is 0 Å². The minimum atomic E-state index is -5.38. The molecule has 86 valence electrons. The second-order valence-corrected chi connectivity index (χ2v) is 7.05. The molecular weight excluding hydrogens is 252 g/mol. The second kappa shape index (κ2) is 4.01. The van der Waals surface area contributed by atoms with Crippen molar-refractivity contribution in [3.8, 4) is 0 Å². The minimum absolute atomic E-state index is 0.281. The Morgan fingerprint density at radius 2 is 1.00 bits per heavy atom. The molecule has 0 aromatic carbocycles. The van der Waals surface area contributed by atoms with Crippen molar-refractivity contribution < 1.29 is 34.4 Å². The summed E-state index contributed by atoms with van der Waals surface area (Å²) in [6.07, 6.45) is 0. The van der Waals surface area contributed by atoms with E-state index in [0.29, 0.717) is 0 Å². The standard InChI is InChI=1S/C4H6F4O4S2/c1-2(13(9,10)3(5)6)14(11,12)4(7)8/h2-4H,1H3. The quantitative estimate of drug-likeness (QED) is 0.693. The summed E-state index contributed by atoms with van der Waals surface area (Å²) in [6.45, 7) is 0.281. The van der Waals surface area contributed by atoms with Crippen LogP contribution in [-0.2, 0) is 19.7 Å². The first-order valence-corrected chi connectivity index (χ1v) is 6.28. The van der Waals surface area contributed by atoms with Gasteiger partial charge in [0.05, 0.1) is 0 Å². The summed E-state index contributed by atoms with van der Waals surface area (Å²) in [5.74, 6) is -7.99. The van der Waals surface area contributed by atoms with E-state index in [1.54, 1.807) is 0 Å². The third kappa shape index (κ3) is 2.35. The number of halogens is 4. The van der Waals surface area contributed by atoms with E-state index in [0.717, 1.165) is 0 Å². The van der Waals surface area contributed by atoms with Crippen LogP contribution in [0.15, 0.2) is 0 Å². The van der Waals surface area contributed by atoms with Crippen LogP contribution in [0.1, 0.15) is 6.92 Å². The van der Waals surface area contributed by atoms with Crippen molar-refractivity contribution in [1.29, 1.82) is 0 Å². The molecule has 0 atom stereocenters. The lowest BCUT2D eigenvalue weighted by molar-refractivity contribution is 0.229. The zero-order chi connectivity index (χ0) is 11.7. The van der Waals surface area contributed by atoms with E-state index in [1.807, 2.05) is 0 Å². The van der Waals surface area contributed by atoms with Crippen molar-refractivity contribution in [2.75, 3.05) is 0 Å². The molecule has 0 fully saturated rings. The third-order valence-corrected chi connectivity index (χ3v) is 5.88. The van der Waals surface area contributed by atoms with Crippen LogP contribution in [0.3, 0.4) is 0 Å². The van der Waals surface area contributed by atoms with Crippen LogP contribution < -0.4 is 0 Å². The monoisotopic (exact) mass is 258 g/mol. The van der Waals surface area contributed by atoms with E-state index in [2.05, 4.69) is 0 Å². The van der Waals surface area contributed by atoms with E-state index >= 15 is 0 Å². The molecule has 10 heteroatoms. The molecule has 0 aliphatic carbocycles. The van der Waals surface area contributed by atoms with Gasteiger partial charge in [0, 0.05) is 0 Å². The van der Waals surface area contributed by atoms with Gasteiger partial charge in [0.1, 0.15) is 0 Å². The third-order valence-electron chi connectivity index (χ3n) is 1.42. The van der Waals surface area contributed by atoms with Crippen molar-refractivity contribution in [3.63, 3.8) is 0 Å². The Morgan fingerprint density at radius 1 is 0.786 bits per heavy atom. The Labute approximate surface area is 77.7 Å². The number of hydrogen-bond donors (Lipinski definition) is 0. The van der Waals surface area contributed by atoms with E-state index in [9.17, 15) is 34.4 Å². The molecule has 0 rings (SSSR count). The molecule has 0 saturated carbocycles. The summed E-state index contributed by atoms with van der Waals surface area (Å²) >= 11 is 0. The summed E-state index contributed by atoms with van der Waals surface area (Å²) in [5, 5.41) is 0. The Morgan fingerprint density at radius 3 is 1.14 bits per heavy atom. The van der Waals surface area contributed by atoms with Gasteiger partial charge in [-0.05, 0) is 6.92 Å². The number of hydrogen-bond acceptors (Lipinski definition) is 4. The lowest BCUT2D eigenvalue weighted by Crippen LogP contribution is -2.35.